The Morgan fingerprint density at radius 3 is 2.13 bits per heavy atom. The zero-order chi connectivity index (χ0) is 26.9. The van der Waals surface area contributed by atoms with Gasteiger partial charge in [-0.2, -0.15) is 0 Å². The van der Waals surface area contributed by atoms with Crippen LogP contribution in [0, 0.1) is 5.41 Å². The number of carbonyl (C=O) groups excluding carboxylic acids is 2. The molecule has 0 saturated carbocycles. The number of phenolic OH excluding ortho intramolecular Hbond substituents is 1. The van der Waals surface area contributed by atoms with Gasteiger partial charge in [-0.3, -0.25) is 15.1 Å². The molecular weight excluding hydrogens is 548 g/mol. The number of ether oxygens (including phenoxy) is 1. The van der Waals surface area contributed by atoms with E-state index in [0.717, 1.165) is 16.6 Å². The summed E-state index contributed by atoms with van der Waals surface area (Å²) in [5, 5.41) is 19.9. The molecule has 0 fully saturated rings. The summed E-state index contributed by atoms with van der Waals surface area (Å²) in [4.78, 5) is 27.0. The molecule has 4 rings (SSSR count). The molecule has 0 aliphatic heterocycles. The number of phenols is 1. The number of rotatable bonds is 6. The molecular formula is C29H33BrN4O4. The van der Waals surface area contributed by atoms with Crippen LogP contribution >= 0.6 is 17.0 Å². The van der Waals surface area contributed by atoms with Crippen LogP contribution in [0.4, 0.5) is 10.5 Å². The van der Waals surface area contributed by atoms with Gasteiger partial charge >= 0.3 is 6.09 Å². The number of aromatic hydroxyl groups is 1. The molecule has 0 radical (unpaired) electrons. The number of methoxy groups -OCH3 is 1. The van der Waals surface area contributed by atoms with Crippen LogP contribution in [0.15, 0.2) is 66.7 Å². The van der Waals surface area contributed by atoms with Crippen LogP contribution in [0.3, 0.4) is 0 Å². The minimum atomic E-state index is -0.661. The predicted molar refractivity (Wildman–Crippen MR) is 154 cm³/mol. The predicted octanol–water partition coefficient (Wildman–Crippen LogP) is 5.64. The van der Waals surface area contributed by atoms with Gasteiger partial charge in [-0.1, -0.05) is 63.2 Å². The second-order valence-electron chi connectivity index (χ2n) is 10.1. The smallest absolute Gasteiger partial charge is 0.413 e. The van der Waals surface area contributed by atoms with Crippen LogP contribution in [0.1, 0.15) is 42.3 Å². The first-order chi connectivity index (χ1) is 17.5. The third-order valence-corrected chi connectivity index (χ3v) is 6.49. The number of halogens is 1. The molecule has 0 bridgehead atoms. The number of para-hydroxylation sites is 2. The molecule has 38 heavy (non-hydrogen) atoms. The van der Waals surface area contributed by atoms with Crippen LogP contribution in [-0.4, -0.2) is 40.3 Å². The summed E-state index contributed by atoms with van der Waals surface area (Å²) in [5.74, 6) is -0.323. The molecule has 8 nitrogen and oxygen atoms in total. The maximum absolute atomic E-state index is 13.7. The van der Waals surface area contributed by atoms with Gasteiger partial charge in [-0.15, -0.1) is 17.0 Å². The second-order valence-corrected chi connectivity index (χ2v) is 10.1. The topological polar surface area (TPSA) is 101 Å². The molecule has 0 unspecified atom stereocenters. The van der Waals surface area contributed by atoms with Crippen LogP contribution in [0.5, 0.6) is 5.75 Å². The molecule has 0 aliphatic carbocycles. The zero-order valence-electron chi connectivity index (χ0n) is 22.2. The van der Waals surface area contributed by atoms with E-state index < -0.39 is 11.5 Å². The number of aromatic nitrogens is 2. The van der Waals surface area contributed by atoms with Crippen molar-refractivity contribution in [3.05, 3.63) is 89.0 Å². The first-order valence-electron chi connectivity index (χ1n) is 12.0. The normalized spacial score (nSPS) is 11.2. The highest BCUT2D eigenvalue weighted by Crippen LogP contribution is 2.39. The van der Waals surface area contributed by atoms with E-state index in [1.54, 1.807) is 10.6 Å². The van der Waals surface area contributed by atoms with Gasteiger partial charge in [0.05, 0.1) is 36.9 Å². The van der Waals surface area contributed by atoms with Gasteiger partial charge in [-0.05, 0) is 35.2 Å². The first-order valence-corrected chi connectivity index (χ1v) is 12.0. The maximum atomic E-state index is 13.7. The van der Waals surface area contributed by atoms with E-state index in [0.29, 0.717) is 17.7 Å². The van der Waals surface area contributed by atoms with Crippen molar-refractivity contribution in [2.45, 2.75) is 39.3 Å². The number of hydrogen-bond donors (Lipinski definition) is 2. The van der Waals surface area contributed by atoms with Crippen molar-refractivity contribution in [2.24, 2.45) is 0 Å². The van der Waals surface area contributed by atoms with Gasteiger partial charge in [0.15, 0.2) is 5.78 Å². The third kappa shape index (κ3) is 5.52. The fourth-order valence-electron chi connectivity index (χ4n) is 4.46. The molecule has 3 aromatic carbocycles. The lowest BCUT2D eigenvalue weighted by Gasteiger charge is -2.26. The Balaban J connectivity index is 0.00000400. The monoisotopic (exact) mass is 580 g/mol. The Kier molecular flexibility index (Phi) is 8.51. The summed E-state index contributed by atoms with van der Waals surface area (Å²) in [6, 6.07) is 20.7. The molecule has 1 heterocycles. The van der Waals surface area contributed by atoms with Gasteiger partial charge in [0.2, 0.25) is 5.62 Å². The summed E-state index contributed by atoms with van der Waals surface area (Å²) in [6.07, 6.45) is -0.661. The van der Waals surface area contributed by atoms with Crippen molar-refractivity contribution in [1.29, 1.82) is 5.41 Å². The van der Waals surface area contributed by atoms with Gasteiger partial charge < -0.3 is 19.0 Å². The van der Waals surface area contributed by atoms with E-state index in [1.165, 1.54) is 25.1 Å². The molecule has 9 heteroatoms. The van der Waals surface area contributed by atoms with Gasteiger partial charge in [0.1, 0.15) is 5.75 Å². The summed E-state index contributed by atoms with van der Waals surface area (Å²) >= 11 is 0. The van der Waals surface area contributed by atoms with Crippen LogP contribution < -0.4 is 10.5 Å². The average molecular weight is 582 g/mol. The maximum Gasteiger partial charge on any atom is 0.413 e. The molecule has 1 aromatic heterocycles. The first kappa shape index (κ1) is 28.7. The fourth-order valence-corrected chi connectivity index (χ4v) is 4.46. The summed E-state index contributed by atoms with van der Waals surface area (Å²) < 4.78 is 8.39. The summed E-state index contributed by atoms with van der Waals surface area (Å²) in [6.45, 7) is 6.20. The Morgan fingerprint density at radius 1 is 0.974 bits per heavy atom. The molecule has 4 aromatic rings. The van der Waals surface area contributed by atoms with E-state index in [9.17, 15) is 14.7 Å². The number of carbonyl (C=O) groups is 2. The minimum Gasteiger partial charge on any atom is -0.505 e. The molecule has 0 aliphatic rings. The van der Waals surface area contributed by atoms with Crippen LogP contribution in [-0.2, 0) is 23.2 Å². The van der Waals surface area contributed by atoms with Gasteiger partial charge in [0.25, 0.3) is 0 Å². The number of ketones is 1. The Labute approximate surface area is 232 Å². The third-order valence-electron chi connectivity index (χ3n) is 6.49. The fraction of sp³-hybridized carbons (Fsp3) is 0.276. The highest BCUT2D eigenvalue weighted by atomic mass is 79.9. The van der Waals surface area contributed by atoms with E-state index in [4.69, 9.17) is 10.1 Å². The highest BCUT2D eigenvalue weighted by molar-refractivity contribution is 8.93. The quantitative estimate of drug-likeness (QED) is 0.288. The van der Waals surface area contributed by atoms with E-state index in [1.807, 2.05) is 79.9 Å². The second kappa shape index (κ2) is 11.3. The summed E-state index contributed by atoms with van der Waals surface area (Å²) in [5.41, 5.74) is 3.46. The zero-order valence-corrected chi connectivity index (χ0v) is 23.9. The minimum absolute atomic E-state index is 0. The number of benzene rings is 3. The number of imidazole rings is 1. The van der Waals surface area contributed by atoms with Gasteiger partial charge in [0, 0.05) is 18.2 Å². The van der Waals surface area contributed by atoms with E-state index >= 15 is 0 Å². The molecule has 0 saturated heterocycles. The van der Waals surface area contributed by atoms with Crippen molar-refractivity contribution >= 4 is 45.6 Å². The van der Waals surface area contributed by atoms with E-state index in [-0.39, 0.29) is 46.4 Å². The van der Waals surface area contributed by atoms with Crippen molar-refractivity contribution in [3.63, 3.8) is 0 Å². The van der Waals surface area contributed by atoms with Crippen LogP contribution in [0.25, 0.3) is 11.0 Å². The number of hydrogen-bond acceptors (Lipinski definition) is 5. The van der Waals surface area contributed by atoms with Crippen LogP contribution in [0.2, 0.25) is 0 Å². The van der Waals surface area contributed by atoms with E-state index in [2.05, 4.69) is 0 Å². The Bertz CT molecular complexity index is 1530. The molecule has 200 valence electrons. The largest absolute Gasteiger partial charge is 0.505 e. The number of fused-ring (bicyclic) bond motifs is 1. The average Bonchev–Trinajstić information content (AvgIpc) is 3.13. The Hall–Kier alpha value is -3.85. The number of nitrogens with zero attached hydrogens (tertiary/aromatic N) is 3. The number of anilines is 1. The lowest BCUT2D eigenvalue weighted by Crippen LogP contribution is -2.29. The highest BCUT2D eigenvalue weighted by Gasteiger charge is 2.27. The SMILES string of the molecule is Br.COC(=O)N(C)c1cc(C(=O)Cn2c(=N)n(Cc3ccccc3)c3ccccc32)cc(C(C)(C)C)c1O. The number of Topliss-reactive ketones (excluding diaryl/α,β-unsaturated/α-hetero) is 1. The summed E-state index contributed by atoms with van der Waals surface area (Å²) in [7, 11) is 2.74. The molecule has 0 spiro atoms. The Morgan fingerprint density at radius 2 is 1.55 bits per heavy atom. The molecule has 0 atom stereocenters. The van der Waals surface area contributed by atoms with Gasteiger partial charge in [-0.25, -0.2) is 4.79 Å². The molecule has 1 amide bonds. The van der Waals surface area contributed by atoms with Crippen molar-refractivity contribution in [1.82, 2.24) is 9.13 Å². The molecule has 2 N–H and O–H groups in total. The van der Waals surface area contributed by atoms with Crippen molar-refractivity contribution < 1.29 is 19.4 Å². The lowest BCUT2D eigenvalue weighted by molar-refractivity contribution is 0.0971. The number of nitrogens with one attached hydrogen (secondary N) is 1. The van der Waals surface area contributed by atoms with Crippen molar-refractivity contribution in [3.8, 4) is 5.75 Å². The van der Waals surface area contributed by atoms with Crippen molar-refractivity contribution in [2.75, 3.05) is 19.1 Å². The lowest BCUT2D eigenvalue weighted by atomic mass is 9.84. The number of amides is 1. The standard InChI is InChI=1S/C29H32N4O4.BrH/c1-29(2,3)21-15-20(16-24(26(21)35)31(4)28(36)37-5)25(34)18-33-23-14-10-9-13-22(23)32(27(33)30)17-19-11-7-6-8-12-19;/h6-16,30,35H,17-18H2,1-5H3;1H.